The fraction of sp³-hybridized carbons (Fsp3) is 0.571. The lowest BCUT2D eigenvalue weighted by molar-refractivity contribution is 0.0239. The molecule has 0 aromatic heterocycles. The lowest BCUT2D eigenvalue weighted by Gasteiger charge is -2.26. The summed E-state index contributed by atoms with van der Waals surface area (Å²) < 4.78 is 5.28. The van der Waals surface area contributed by atoms with Crippen LogP contribution in [0.3, 0.4) is 0 Å². The fourth-order valence-electron chi connectivity index (χ4n) is 2.69. The third kappa shape index (κ3) is 8.73. The van der Waals surface area contributed by atoms with Crippen LogP contribution in [-0.2, 0) is 4.74 Å². The summed E-state index contributed by atoms with van der Waals surface area (Å²) in [5.41, 5.74) is 2.24. The summed E-state index contributed by atoms with van der Waals surface area (Å²) in [4.78, 5) is 13.4. The number of amides is 1. The zero-order valence-corrected chi connectivity index (χ0v) is 16.6. The van der Waals surface area contributed by atoms with Gasteiger partial charge >= 0.3 is 6.09 Å². The third-order valence-corrected chi connectivity index (χ3v) is 3.85. The molecule has 1 aromatic rings. The number of likely N-dealkylation sites (tertiary alicyclic amines) is 1. The van der Waals surface area contributed by atoms with Gasteiger partial charge in [-0.3, -0.25) is 0 Å². The van der Waals surface area contributed by atoms with Gasteiger partial charge in [-0.1, -0.05) is 42.0 Å². The van der Waals surface area contributed by atoms with Crippen LogP contribution < -0.4 is 5.32 Å². The molecule has 1 fully saturated rings. The summed E-state index contributed by atoms with van der Waals surface area (Å²) in [5, 5.41) is 3.12. The standard InChI is InChI=1S/C11H15N.C10H19NO2/c1-10(9-12-2)8-11-6-4-3-5-7-11;1-8-6-5-7-11(8)9(12)13-10(2,3)4/h3-8,12H,9H2,1-2H3;8H,5-7H2,1-4H3/b10-8+;. The van der Waals surface area contributed by atoms with Crippen molar-refractivity contribution in [3.8, 4) is 0 Å². The van der Waals surface area contributed by atoms with Crippen LogP contribution in [0.2, 0.25) is 0 Å². The number of benzene rings is 1. The van der Waals surface area contributed by atoms with Crippen LogP contribution in [0.1, 0.15) is 53.0 Å². The molecule has 1 amide bonds. The molecule has 2 rings (SSSR count). The highest BCUT2D eigenvalue weighted by Crippen LogP contribution is 2.19. The second kappa shape index (κ2) is 10.2. The molecule has 0 radical (unpaired) electrons. The minimum Gasteiger partial charge on any atom is -0.444 e. The first-order valence-corrected chi connectivity index (χ1v) is 9.09. The van der Waals surface area contributed by atoms with Gasteiger partial charge in [0.1, 0.15) is 5.60 Å². The lowest BCUT2D eigenvalue weighted by atomic mass is 10.1. The molecule has 140 valence electrons. The highest BCUT2D eigenvalue weighted by molar-refractivity contribution is 5.68. The van der Waals surface area contributed by atoms with Gasteiger partial charge in [-0.05, 0) is 60.1 Å². The smallest absolute Gasteiger partial charge is 0.410 e. The summed E-state index contributed by atoms with van der Waals surface area (Å²) in [6, 6.07) is 10.7. The number of carbonyl (C=O) groups excluding carboxylic acids is 1. The molecule has 4 nitrogen and oxygen atoms in total. The Bertz CT molecular complexity index is 547. The second-order valence-corrected chi connectivity index (χ2v) is 7.60. The molecule has 1 saturated heterocycles. The van der Waals surface area contributed by atoms with Gasteiger partial charge < -0.3 is 15.0 Å². The Morgan fingerprint density at radius 1 is 1.32 bits per heavy atom. The molecule has 0 spiro atoms. The quantitative estimate of drug-likeness (QED) is 0.861. The highest BCUT2D eigenvalue weighted by atomic mass is 16.6. The van der Waals surface area contributed by atoms with Crippen LogP contribution in [0.25, 0.3) is 6.08 Å². The van der Waals surface area contributed by atoms with Crippen LogP contribution >= 0.6 is 0 Å². The maximum absolute atomic E-state index is 11.6. The van der Waals surface area contributed by atoms with Crippen molar-refractivity contribution >= 4 is 12.2 Å². The Morgan fingerprint density at radius 3 is 2.44 bits per heavy atom. The minimum atomic E-state index is -0.376. The number of nitrogens with zero attached hydrogens (tertiary/aromatic N) is 1. The summed E-state index contributed by atoms with van der Waals surface area (Å²) in [6.45, 7) is 11.7. The van der Waals surface area contributed by atoms with Gasteiger partial charge in [0.05, 0.1) is 0 Å². The number of nitrogens with one attached hydrogen (secondary N) is 1. The molecule has 0 bridgehead atoms. The molecule has 1 heterocycles. The van der Waals surface area contributed by atoms with Crippen LogP contribution in [-0.4, -0.2) is 42.8 Å². The van der Waals surface area contributed by atoms with E-state index in [1.807, 2.05) is 38.8 Å². The predicted octanol–water partition coefficient (Wildman–Crippen LogP) is 4.72. The first kappa shape index (κ1) is 21.2. The molecule has 25 heavy (non-hydrogen) atoms. The van der Waals surface area contributed by atoms with Gasteiger partial charge in [0, 0.05) is 19.1 Å². The predicted molar refractivity (Wildman–Crippen MR) is 106 cm³/mol. The van der Waals surface area contributed by atoms with Crippen molar-refractivity contribution in [2.45, 2.75) is 59.1 Å². The Labute approximate surface area is 153 Å². The van der Waals surface area contributed by atoms with Gasteiger partial charge in [-0.25, -0.2) is 4.79 Å². The summed E-state index contributed by atoms with van der Waals surface area (Å²) in [7, 11) is 1.96. The number of carbonyl (C=O) groups is 1. The topological polar surface area (TPSA) is 41.6 Å². The Kier molecular flexibility index (Phi) is 8.70. The molecular weight excluding hydrogens is 312 g/mol. The Hall–Kier alpha value is -1.81. The SMILES string of the molecule is CC1CCCN1C(=O)OC(C)(C)C.CNC/C(C)=C/c1ccccc1. The van der Waals surface area contributed by atoms with Crippen molar-refractivity contribution in [2.24, 2.45) is 0 Å². The summed E-state index contributed by atoms with van der Waals surface area (Å²) >= 11 is 0. The van der Waals surface area contributed by atoms with Gasteiger partial charge in [0.25, 0.3) is 0 Å². The van der Waals surface area contributed by atoms with Crippen molar-refractivity contribution < 1.29 is 9.53 Å². The zero-order chi connectivity index (χ0) is 18.9. The van der Waals surface area contributed by atoms with Crippen LogP contribution in [0.4, 0.5) is 4.79 Å². The number of hydrogen-bond donors (Lipinski definition) is 1. The largest absolute Gasteiger partial charge is 0.444 e. The molecule has 0 aliphatic carbocycles. The molecule has 4 heteroatoms. The highest BCUT2D eigenvalue weighted by Gasteiger charge is 2.28. The van der Waals surface area contributed by atoms with E-state index in [-0.39, 0.29) is 11.7 Å². The average Bonchev–Trinajstić information content (AvgIpc) is 2.94. The van der Waals surface area contributed by atoms with Gasteiger partial charge in [0.15, 0.2) is 0 Å². The van der Waals surface area contributed by atoms with E-state index in [4.69, 9.17) is 4.74 Å². The van der Waals surface area contributed by atoms with E-state index in [0.29, 0.717) is 6.04 Å². The molecule has 0 saturated carbocycles. The van der Waals surface area contributed by atoms with E-state index in [1.54, 1.807) is 0 Å². The number of likely N-dealkylation sites (N-methyl/N-ethyl adjacent to an activating group) is 1. The average molecular weight is 347 g/mol. The number of rotatable bonds is 3. The molecule has 1 aliphatic rings. The third-order valence-electron chi connectivity index (χ3n) is 3.85. The maximum Gasteiger partial charge on any atom is 0.410 e. The van der Waals surface area contributed by atoms with Gasteiger partial charge in [-0.2, -0.15) is 0 Å². The Morgan fingerprint density at radius 2 is 1.96 bits per heavy atom. The summed E-state index contributed by atoms with van der Waals surface area (Å²) in [6.07, 6.45) is 4.22. The van der Waals surface area contributed by atoms with E-state index >= 15 is 0 Å². The normalized spacial score (nSPS) is 17.8. The zero-order valence-electron chi connectivity index (χ0n) is 16.6. The van der Waals surface area contributed by atoms with E-state index in [1.165, 1.54) is 11.1 Å². The molecule has 1 atom stereocenters. The van der Waals surface area contributed by atoms with E-state index in [9.17, 15) is 4.79 Å². The molecule has 1 N–H and O–H groups in total. The molecule has 1 aromatic carbocycles. The van der Waals surface area contributed by atoms with Gasteiger partial charge in [-0.15, -0.1) is 0 Å². The van der Waals surface area contributed by atoms with Crippen molar-refractivity contribution in [3.63, 3.8) is 0 Å². The van der Waals surface area contributed by atoms with Crippen LogP contribution in [0.15, 0.2) is 35.9 Å². The van der Waals surface area contributed by atoms with Crippen LogP contribution in [0, 0.1) is 0 Å². The van der Waals surface area contributed by atoms with Crippen LogP contribution in [0.5, 0.6) is 0 Å². The van der Waals surface area contributed by atoms with Gasteiger partial charge in [0.2, 0.25) is 0 Å². The lowest BCUT2D eigenvalue weighted by Crippen LogP contribution is -2.38. The maximum atomic E-state index is 11.6. The monoisotopic (exact) mass is 346 g/mol. The second-order valence-electron chi connectivity index (χ2n) is 7.60. The van der Waals surface area contributed by atoms with E-state index in [2.05, 4.69) is 49.5 Å². The van der Waals surface area contributed by atoms with Crippen molar-refractivity contribution in [3.05, 3.63) is 41.5 Å². The molecule has 1 aliphatic heterocycles. The summed E-state index contributed by atoms with van der Waals surface area (Å²) in [5.74, 6) is 0. The first-order chi connectivity index (χ1) is 11.7. The Balaban J connectivity index is 0.000000251. The van der Waals surface area contributed by atoms with Crippen molar-refractivity contribution in [1.29, 1.82) is 0 Å². The number of hydrogen-bond acceptors (Lipinski definition) is 3. The van der Waals surface area contributed by atoms with E-state index < -0.39 is 0 Å². The molecule has 1 unspecified atom stereocenters. The number of ether oxygens (including phenoxy) is 1. The molecular formula is C21H34N2O2. The van der Waals surface area contributed by atoms with Crippen molar-refractivity contribution in [2.75, 3.05) is 20.1 Å². The minimum absolute atomic E-state index is 0.169. The van der Waals surface area contributed by atoms with E-state index in [0.717, 1.165) is 25.9 Å². The first-order valence-electron chi connectivity index (χ1n) is 9.09. The fourth-order valence-corrected chi connectivity index (χ4v) is 2.69. The van der Waals surface area contributed by atoms with Crippen molar-refractivity contribution in [1.82, 2.24) is 10.2 Å².